The molecular formula is C15H25N3O5S2. The lowest BCUT2D eigenvalue weighted by Gasteiger charge is -2.30. The average molecular weight is 392 g/mol. The maximum absolute atomic E-state index is 12.8. The highest BCUT2D eigenvalue weighted by Gasteiger charge is 2.29. The first kappa shape index (κ1) is 20.0. The predicted octanol–water partition coefficient (Wildman–Crippen LogP) is 0.733. The van der Waals surface area contributed by atoms with Gasteiger partial charge in [0.2, 0.25) is 20.0 Å². The van der Waals surface area contributed by atoms with Gasteiger partial charge in [-0.2, -0.15) is 0 Å². The van der Waals surface area contributed by atoms with Crippen LogP contribution in [-0.2, 0) is 20.0 Å². The summed E-state index contributed by atoms with van der Waals surface area (Å²) >= 11 is 0. The maximum atomic E-state index is 12.8. The minimum atomic E-state index is -3.90. The predicted molar refractivity (Wildman–Crippen MR) is 96.8 cm³/mol. The van der Waals surface area contributed by atoms with Crippen LogP contribution in [0.2, 0.25) is 0 Å². The summed E-state index contributed by atoms with van der Waals surface area (Å²) in [6.07, 6.45) is 0.866. The number of rotatable bonds is 7. The first-order valence-electron chi connectivity index (χ1n) is 8.10. The smallest absolute Gasteiger partial charge is 0.242 e. The second-order valence-electron chi connectivity index (χ2n) is 6.07. The van der Waals surface area contributed by atoms with E-state index in [0.29, 0.717) is 12.3 Å². The number of anilines is 1. The summed E-state index contributed by atoms with van der Waals surface area (Å²) in [6, 6.07) is 3.94. The molecule has 1 heterocycles. The SMILES string of the molecule is CCS(=O)(=O)Nc1cc(OC)ccc1S(=O)(=O)NC1CNCCC1C. The summed E-state index contributed by atoms with van der Waals surface area (Å²) in [6.45, 7) is 4.85. The molecule has 3 N–H and O–H groups in total. The zero-order chi connectivity index (χ0) is 18.7. The van der Waals surface area contributed by atoms with E-state index < -0.39 is 20.0 Å². The van der Waals surface area contributed by atoms with E-state index in [1.54, 1.807) is 0 Å². The van der Waals surface area contributed by atoms with Gasteiger partial charge in [0.25, 0.3) is 0 Å². The third-order valence-corrected chi connectivity index (χ3v) is 7.09. The molecule has 0 bridgehead atoms. The molecule has 1 aromatic rings. The second-order valence-corrected chi connectivity index (χ2v) is 9.76. The fourth-order valence-electron chi connectivity index (χ4n) is 2.60. The van der Waals surface area contributed by atoms with Gasteiger partial charge in [-0.15, -0.1) is 0 Å². The van der Waals surface area contributed by atoms with E-state index in [-0.39, 0.29) is 28.3 Å². The van der Waals surface area contributed by atoms with Gasteiger partial charge >= 0.3 is 0 Å². The number of nitrogens with one attached hydrogen (secondary N) is 3. The molecule has 1 fully saturated rings. The average Bonchev–Trinajstić information content (AvgIpc) is 2.56. The zero-order valence-corrected chi connectivity index (χ0v) is 16.2. The van der Waals surface area contributed by atoms with E-state index in [4.69, 9.17) is 4.74 Å². The van der Waals surface area contributed by atoms with Crippen molar-refractivity contribution in [2.75, 3.05) is 30.7 Å². The highest BCUT2D eigenvalue weighted by Crippen LogP contribution is 2.28. The first-order chi connectivity index (χ1) is 11.7. The number of benzene rings is 1. The molecule has 2 unspecified atom stereocenters. The molecule has 0 aromatic heterocycles. The van der Waals surface area contributed by atoms with Crippen LogP contribution in [0.15, 0.2) is 23.1 Å². The Morgan fingerprint density at radius 2 is 2.00 bits per heavy atom. The Balaban J connectivity index is 2.38. The van der Waals surface area contributed by atoms with Gasteiger partial charge in [-0.05, 0) is 37.9 Å². The maximum Gasteiger partial charge on any atom is 0.242 e. The number of ether oxygens (including phenoxy) is 1. The monoisotopic (exact) mass is 391 g/mol. The number of methoxy groups -OCH3 is 1. The molecule has 10 heteroatoms. The van der Waals surface area contributed by atoms with Crippen molar-refractivity contribution in [3.63, 3.8) is 0 Å². The van der Waals surface area contributed by atoms with Crippen molar-refractivity contribution in [1.82, 2.24) is 10.0 Å². The number of sulfonamides is 2. The van der Waals surface area contributed by atoms with Crippen LogP contribution < -0.4 is 19.5 Å². The molecule has 0 aliphatic carbocycles. The lowest BCUT2D eigenvalue weighted by Crippen LogP contribution is -2.50. The highest BCUT2D eigenvalue weighted by atomic mass is 32.2. The van der Waals surface area contributed by atoms with Crippen molar-refractivity contribution in [3.05, 3.63) is 18.2 Å². The Bertz CT molecular complexity index is 808. The molecule has 1 aliphatic heterocycles. The van der Waals surface area contributed by atoms with Crippen LogP contribution in [0.25, 0.3) is 0 Å². The lowest BCUT2D eigenvalue weighted by molar-refractivity contribution is 0.327. The van der Waals surface area contributed by atoms with Crippen LogP contribution in [-0.4, -0.2) is 48.8 Å². The molecular weight excluding hydrogens is 366 g/mol. The summed E-state index contributed by atoms with van der Waals surface area (Å²) in [5, 5.41) is 3.16. The molecule has 0 amide bonds. The molecule has 1 aliphatic rings. The van der Waals surface area contributed by atoms with Crippen molar-refractivity contribution in [3.8, 4) is 5.75 Å². The number of hydrogen-bond donors (Lipinski definition) is 3. The molecule has 2 rings (SSSR count). The van der Waals surface area contributed by atoms with E-state index >= 15 is 0 Å². The Morgan fingerprint density at radius 3 is 2.60 bits per heavy atom. The Kier molecular flexibility index (Phi) is 6.30. The van der Waals surface area contributed by atoms with E-state index in [0.717, 1.165) is 13.0 Å². The number of piperidine rings is 1. The zero-order valence-electron chi connectivity index (χ0n) is 14.6. The third kappa shape index (κ3) is 5.06. The summed E-state index contributed by atoms with van der Waals surface area (Å²) in [5.74, 6) is 0.381. The van der Waals surface area contributed by atoms with Crippen LogP contribution in [0.4, 0.5) is 5.69 Å². The van der Waals surface area contributed by atoms with Gasteiger partial charge in [-0.1, -0.05) is 6.92 Å². The van der Waals surface area contributed by atoms with Crippen molar-refractivity contribution >= 4 is 25.7 Å². The quantitative estimate of drug-likeness (QED) is 0.632. The van der Waals surface area contributed by atoms with Gasteiger partial charge in [0, 0.05) is 18.7 Å². The van der Waals surface area contributed by atoms with Crippen LogP contribution in [0, 0.1) is 5.92 Å². The summed E-state index contributed by atoms with van der Waals surface area (Å²) in [4.78, 5) is -0.122. The van der Waals surface area contributed by atoms with Crippen molar-refractivity contribution < 1.29 is 21.6 Å². The topological polar surface area (TPSA) is 114 Å². The van der Waals surface area contributed by atoms with E-state index in [9.17, 15) is 16.8 Å². The molecule has 0 spiro atoms. The fourth-order valence-corrected chi connectivity index (χ4v) is 4.80. The van der Waals surface area contributed by atoms with Gasteiger partial charge < -0.3 is 10.1 Å². The molecule has 1 aromatic carbocycles. The van der Waals surface area contributed by atoms with E-state index in [2.05, 4.69) is 14.8 Å². The second kappa shape index (κ2) is 7.90. The van der Waals surface area contributed by atoms with Crippen molar-refractivity contribution in [2.24, 2.45) is 5.92 Å². The molecule has 0 saturated carbocycles. The third-order valence-electron chi connectivity index (χ3n) is 4.26. The molecule has 2 atom stereocenters. The van der Waals surface area contributed by atoms with Gasteiger partial charge in [0.15, 0.2) is 0 Å². The fraction of sp³-hybridized carbons (Fsp3) is 0.600. The minimum Gasteiger partial charge on any atom is -0.497 e. The van der Waals surface area contributed by atoms with Crippen LogP contribution in [0.3, 0.4) is 0 Å². The van der Waals surface area contributed by atoms with Crippen LogP contribution >= 0.6 is 0 Å². The molecule has 1 saturated heterocycles. The van der Waals surface area contributed by atoms with Gasteiger partial charge in [0.05, 0.1) is 18.6 Å². The molecule has 8 nitrogen and oxygen atoms in total. The largest absolute Gasteiger partial charge is 0.497 e. The van der Waals surface area contributed by atoms with E-state index in [1.165, 1.54) is 32.2 Å². The van der Waals surface area contributed by atoms with Crippen LogP contribution in [0.5, 0.6) is 5.75 Å². The first-order valence-corrected chi connectivity index (χ1v) is 11.2. The van der Waals surface area contributed by atoms with E-state index in [1.807, 2.05) is 6.92 Å². The molecule has 25 heavy (non-hydrogen) atoms. The summed E-state index contributed by atoms with van der Waals surface area (Å²) < 4.78 is 59.6. The Labute approximate surface area is 149 Å². The van der Waals surface area contributed by atoms with Gasteiger partial charge in [0.1, 0.15) is 10.6 Å². The number of hydrogen-bond acceptors (Lipinski definition) is 6. The Hall–Kier alpha value is -1.36. The highest BCUT2D eigenvalue weighted by molar-refractivity contribution is 7.93. The molecule has 142 valence electrons. The van der Waals surface area contributed by atoms with Crippen LogP contribution in [0.1, 0.15) is 20.3 Å². The summed E-state index contributed by atoms with van der Waals surface area (Å²) in [5.41, 5.74) is -0.0230. The minimum absolute atomic E-state index is 0.0230. The Morgan fingerprint density at radius 1 is 1.28 bits per heavy atom. The van der Waals surface area contributed by atoms with Gasteiger partial charge in [-0.25, -0.2) is 21.6 Å². The lowest BCUT2D eigenvalue weighted by atomic mass is 9.96. The standard InChI is InChI=1S/C15H25N3O5S2/c1-4-24(19,20)17-13-9-12(23-3)5-6-15(13)25(21,22)18-14-10-16-8-7-11(14)2/h5-6,9,11,14,16-18H,4,7-8,10H2,1-3H3. The van der Waals surface area contributed by atoms with Gasteiger partial charge in [-0.3, -0.25) is 4.72 Å². The molecule has 0 radical (unpaired) electrons. The normalized spacial score (nSPS) is 21.7. The van der Waals surface area contributed by atoms with Crippen molar-refractivity contribution in [2.45, 2.75) is 31.2 Å². The summed E-state index contributed by atoms with van der Waals surface area (Å²) in [7, 11) is -6.11. The van der Waals surface area contributed by atoms with Crippen molar-refractivity contribution in [1.29, 1.82) is 0 Å².